The summed E-state index contributed by atoms with van der Waals surface area (Å²) in [5, 5.41) is 1.06. The van der Waals surface area contributed by atoms with E-state index in [0.29, 0.717) is 22.3 Å². The van der Waals surface area contributed by atoms with Gasteiger partial charge in [-0.15, -0.1) is 0 Å². The molecule has 3 fully saturated rings. The van der Waals surface area contributed by atoms with Crippen molar-refractivity contribution in [3.05, 3.63) is 40.4 Å². The highest BCUT2D eigenvalue weighted by molar-refractivity contribution is 8.26. The number of hydrogen-bond donors (Lipinski definition) is 0. The van der Waals surface area contributed by atoms with Crippen LogP contribution < -0.4 is 0 Å². The van der Waals surface area contributed by atoms with E-state index in [1.165, 1.54) is 23.7 Å². The first-order valence-corrected chi connectivity index (χ1v) is 14.0. The molecule has 2 atom stereocenters. The van der Waals surface area contributed by atoms with Crippen molar-refractivity contribution in [1.82, 2.24) is 14.4 Å². The molecule has 0 bridgehead atoms. The number of nitrogens with zero attached hydrogens (tertiary/aromatic N) is 3. The van der Waals surface area contributed by atoms with Gasteiger partial charge in [-0.25, -0.2) is 0 Å². The number of piperidine rings is 1. The van der Waals surface area contributed by atoms with Crippen LogP contribution in [-0.2, 0) is 27.3 Å². The van der Waals surface area contributed by atoms with E-state index in [-0.39, 0.29) is 24.0 Å². The highest BCUT2D eigenvalue weighted by atomic mass is 32.2. The largest absolute Gasteiger partial charge is 0.376 e. The van der Waals surface area contributed by atoms with Gasteiger partial charge in [0.15, 0.2) is 0 Å². The molecule has 3 aliphatic rings. The fourth-order valence-electron chi connectivity index (χ4n) is 5.49. The van der Waals surface area contributed by atoms with Crippen LogP contribution >= 0.6 is 24.0 Å². The average molecular weight is 512 g/mol. The first-order valence-electron chi connectivity index (χ1n) is 12.7. The third kappa shape index (κ3) is 4.93. The van der Waals surface area contributed by atoms with Crippen LogP contribution in [0.4, 0.5) is 0 Å². The summed E-state index contributed by atoms with van der Waals surface area (Å²) in [6.07, 6.45) is 10.2. The molecule has 8 heteroatoms. The van der Waals surface area contributed by atoms with Gasteiger partial charge in [0.05, 0.1) is 23.1 Å². The summed E-state index contributed by atoms with van der Waals surface area (Å²) >= 11 is 6.90. The van der Waals surface area contributed by atoms with Crippen molar-refractivity contribution in [2.24, 2.45) is 0 Å². The summed E-state index contributed by atoms with van der Waals surface area (Å²) in [5.41, 5.74) is 3.23. The highest BCUT2D eigenvalue weighted by Gasteiger charge is 2.35. The number of para-hydroxylation sites is 1. The van der Waals surface area contributed by atoms with E-state index >= 15 is 0 Å². The second-order valence-corrected chi connectivity index (χ2v) is 11.4. The number of thioether (sulfide) groups is 1. The van der Waals surface area contributed by atoms with E-state index in [2.05, 4.69) is 36.6 Å². The van der Waals surface area contributed by atoms with Gasteiger partial charge in [0, 0.05) is 36.3 Å². The Balaban J connectivity index is 1.45. The standard InChI is InChI=1S/C27H33N3O3S2/c1-3-19-9-6-11-22-20(14-23-26(32)30(27(34)35-23)16-21-10-7-13-33-21)15-28(25(19)22)17-24(31)29-12-5-4-8-18(29)2/h6,9,11,14-15,18,21H,3-5,7-8,10,12-13,16-17H2,1-2H3/b23-14-/t18-,21-/m0/s1. The van der Waals surface area contributed by atoms with Crippen LogP contribution in [-0.4, -0.2) is 62.3 Å². The van der Waals surface area contributed by atoms with E-state index in [9.17, 15) is 9.59 Å². The lowest BCUT2D eigenvalue weighted by Gasteiger charge is -2.33. The second-order valence-electron chi connectivity index (χ2n) is 9.74. The number of rotatable bonds is 6. The Labute approximate surface area is 216 Å². The maximum absolute atomic E-state index is 13.3. The Kier molecular flexibility index (Phi) is 7.32. The van der Waals surface area contributed by atoms with Crippen molar-refractivity contribution in [2.75, 3.05) is 19.7 Å². The van der Waals surface area contributed by atoms with Gasteiger partial charge in [-0.2, -0.15) is 0 Å². The van der Waals surface area contributed by atoms with E-state index in [4.69, 9.17) is 17.0 Å². The first-order chi connectivity index (χ1) is 17.0. The molecule has 0 saturated carbocycles. The minimum absolute atomic E-state index is 0.0544. The molecule has 5 rings (SSSR count). The lowest BCUT2D eigenvalue weighted by molar-refractivity contribution is -0.135. The van der Waals surface area contributed by atoms with Gasteiger partial charge in [0.1, 0.15) is 10.9 Å². The number of benzene rings is 1. The van der Waals surface area contributed by atoms with Gasteiger partial charge >= 0.3 is 0 Å². The summed E-state index contributed by atoms with van der Waals surface area (Å²) in [7, 11) is 0. The number of aromatic nitrogens is 1. The third-order valence-corrected chi connectivity index (χ3v) is 8.77. The number of carbonyl (C=O) groups is 2. The van der Waals surface area contributed by atoms with Crippen LogP contribution in [0.1, 0.15) is 57.1 Å². The molecule has 4 heterocycles. The molecule has 2 aromatic rings. The Morgan fingerprint density at radius 3 is 2.86 bits per heavy atom. The Morgan fingerprint density at radius 1 is 1.26 bits per heavy atom. The summed E-state index contributed by atoms with van der Waals surface area (Å²) in [5.74, 6) is 0.107. The molecular formula is C27H33N3O3S2. The average Bonchev–Trinajstić information content (AvgIpc) is 3.55. The molecule has 35 heavy (non-hydrogen) atoms. The maximum atomic E-state index is 13.3. The number of hydrogen-bond acceptors (Lipinski definition) is 5. The fraction of sp³-hybridized carbons (Fsp3) is 0.519. The number of thiocarbonyl (C=S) groups is 1. The Morgan fingerprint density at radius 2 is 2.11 bits per heavy atom. The van der Waals surface area contributed by atoms with Crippen molar-refractivity contribution in [2.45, 2.75) is 71.1 Å². The zero-order valence-corrected chi connectivity index (χ0v) is 22.1. The van der Waals surface area contributed by atoms with Gasteiger partial charge in [-0.1, -0.05) is 49.1 Å². The molecule has 0 aliphatic carbocycles. The number of likely N-dealkylation sites (tertiary alicyclic amines) is 1. The number of aryl methyl sites for hydroxylation is 1. The molecule has 0 spiro atoms. The normalized spacial score (nSPS) is 24.3. The molecule has 0 unspecified atom stereocenters. The van der Waals surface area contributed by atoms with Crippen molar-refractivity contribution in [3.8, 4) is 0 Å². The summed E-state index contributed by atoms with van der Waals surface area (Å²) < 4.78 is 8.39. The molecular weight excluding hydrogens is 478 g/mol. The van der Waals surface area contributed by atoms with E-state index < -0.39 is 0 Å². The SMILES string of the molecule is CCc1cccc2c(/C=C3\SC(=S)N(C[C@@H]4CCCO4)C3=O)cn(CC(=O)N3CCCC[C@@H]3C)c12. The molecule has 2 amide bonds. The van der Waals surface area contributed by atoms with Crippen LogP contribution in [0.25, 0.3) is 17.0 Å². The zero-order valence-electron chi connectivity index (χ0n) is 20.5. The minimum Gasteiger partial charge on any atom is -0.376 e. The minimum atomic E-state index is -0.0544. The molecule has 186 valence electrons. The van der Waals surface area contributed by atoms with Gasteiger partial charge < -0.3 is 14.2 Å². The lowest BCUT2D eigenvalue weighted by atomic mass is 10.0. The molecule has 1 aromatic carbocycles. The lowest BCUT2D eigenvalue weighted by Crippen LogP contribution is -2.43. The van der Waals surface area contributed by atoms with Crippen molar-refractivity contribution in [3.63, 3.8) is 0 Å². The number of carbonyl (C=O) groups excluding carboxylic acids is 2. The van der Waals surface area contributed by atoms with Gasteiger partial charge in [0.25, 0.3) is 5.91 Å². The monoisotopic (exact) mass is 511 g/mol. The molecule has 0 radical (unpaired) electrons. The number of ether oxygens (including phenoxy) is 1. The highest BCUT2D eigenvalue weighted by Crippen LogP contribution is 2.36. The Bertz CT molecular complexity index is 1180. The molecule has 3 aliphatic heterocycles. The zero-order chi connectivity index (χ0) is 24.5. The molecule has 3 saturated heterocycles. The Hall–Kier alpha value is -2.16. The van der Waals surface area contributed by atoms with Crippen LogP contribution in [0, 0.1) is 0 Å². The van der Waals surface area contributed by atoms with Gasteiger partial charge in [-0.3, -0.25) is 14.5 Å². The second kappa shape index (κ2) is 10.4. The molecule has 1 aromatic heterocycles. The third-order valence-electron chi connectivity index (χ3n) is 7.39. The van der Waals surface area contributed by atoms with E-state index in [0.717, 1.165) is 61.7 Å². The number of fused-ring (bicyclic) bond motifs is 1. The summed E-state index contributed by atoms with van der Waals surface area (Å²) in [4.78, 5) is 30.8. The van der Waals surface area contributed by atoms with Crippen LogP contribution in [0.2, 0.25) is 0 Å². The van der Waals surface area contributed by atoms with Crippen LogP contribution in [0.5, 0.6) is 0 Å². The molecule has 0 N–H and O–H groups in total. The van der Waals surface area contributed by atoms with Crippen LogP contribution in [0.15, 0.2) is 29.3 Å². The van der Waals surface area contributed by atoms with Gasteiger partial charge in [-0.05, 0) is 57.1 Å². The van der Waals surface area contributed by atoms with Crippen molar-refractivity contribution >= 4 is 57.1 Å². The van der Waals surface area contributed by atoms with E-state index in [1.807, 2.05) is 17.2 Å². The maximum Gasteiger partial charge on any atom is 0.266 e. The van der Waals surface area contributed by atoms with Crippen LogP contribution in [0.3, 0.4) is 0 Å². The summed E-state index contributed by atoms with van der Waals surface area (Å²) in [6.45, 7) is 6.70. The number of amides is 2. The van der Waals surface area contributed by atoms with E-state index in [1.54, 1.807) is 4.90 Å². The predicted octanol–water partition coefficient (Wildman–Crippen LogP) is 4.98. The van der Waals surface area contributed by atoms with Gasteiger partial charge in [0.2, 0.25) is 5.91 Å². The topological polar surface area (TPSA) is 54.8 Å². The fourth-order valence-corrected chi connectivity index (χ4v) is 6.75. The van der Waals surface area contributed by atoms with Crippen molar-refractivity contribution in [1.29, 1.82) is 0 Å². The quantitative estimate of drug-likeness (QED) is 0.404. The smallest absolute Gasteiger partial charge is 0.266 e. The first kappa shape index (κ1) is 24.5. The summed E-state index contributed by atoms with van der Waals surface area (Å²) in [6, 6.07) is 6.55. The van der Waals surface area contributed by atoms with Crippen molar-refractivity contribution < 1.29 is 14.3 Å². The predicted molar refractivity (Wildman–Crippen MR) is 145 cm³/mol. The molecule has 6 nitrogen and oxygen atoms in total.